The molecule has 1 N–H and O–H groups in total. The Bertz CT molecular complexity index is 1460. The van der Waals surface area contributed by atoms with E-state index in [9.17, 15) is 34.8 Å². The smallest absolute Gasteiger partial charge is 0.348 e. The minimum Gasteiger partial charge on any atom is -0.348 e. The van der Waals surface area contributed by atoms with Gasteiger partial charge in [0.2, 0.25) is 10.0 Å². The lowest BCUT2D eigenvalue weighted by atomic mass is 9.98. The summed E-state index contributed by atoms with van der Waals surface area (Å²) in [5.74, 6) is -1.40. The zero-order chi connectivity index (χ0) is 29.3. The number of hydrogen-bond acceptors (Lipinski definition) is 6. The molecule has 0 radical (unpaired) electrons. The number of benzene rings is 2. The van der Waals surface area contributed by atoms with Gasteiger partial charge in [0.05, 0.1) is 22.0 Å². The third-order valence-electron chi connectivity index (χ3n) is 6.36. The lowest BCUT2D eigenvalue weighted by Crippen LogP contribution is -2.50. The number of nitrogens with one attached hydrogen (secondary N) is 1. The Morgan fingerprint density at radius 1 is 1.10 bits per heavy atom. The minimum atomic E-state index is -4.82. The Hall–Kier alpha value is -1.90. The van der Waals surface area contributed by atoms with Crippen LogP contribution in [0, 0.1) is 5.92 Å². The van der Waals surface area contributed by atoms with E-state index in [-0.39, 0.29) is 75.2 Å². The van der Waals surface area contributed by atoms with Gasteiger partial charge in [0, 0.05) is 55.9 Å². The van der Waals surface area contributed by atoms with Crippen LogP contribution in [-0.2, 0) is 39.1 Å². The van der Waals surface area contributed by atoms with Gasteiger partial charge < -0.3 is 5.32 Å². The van der Waals surface area contributed by atoms with Crippen LogP contribution in [0.1, 0.15) is 34.0 Å². The van der Waals surface area contributed by atoms with Crippen molar-refractivity contribution in [3.63, 3.8) is 0 Å². The second-order valence-corrected chi connectivity index (χ2v) is 14.8. The van der Waals surface area contributed by atoms with Crippen molar-refractivity contribution < 1.29 is 34.8 Å². The SMILES string of the molecule is CCS(=O)(=O)c1ccc(Cl)cc1CNC(=O)c1cc(Cl)c(CN2CC(CS(=O)(=O)N(C)C)C2)c(C(F)(F)F)c1. The highest BCUT2D eigenvalue weighted by atomic mass is 35.5. The summed E-state index contributed by atoms with van der Waals surface area (Å²) < 4.78 is 91.9. The molecule has 3 rings (SSSR count). The largest absolute Gasteiger partial charge is 0.416 e. The van der Waals surface area contributed by atoms with Gasteiger partial charge in [0.25, 0.3) is 5.91 Å². The monoisotopic (exact) mass is 629 g/mol. The van der Waals surface area contributed by atoms with Crippen molar-refractivity contribution in [1.29, 1.82) is 0 Å². The quantitative estimate of drug-likeness (QED) is 0.425. The van der Waals surface area contributed by atoms with Crippen LogP contribution in [0.5, 0.6) is 0 Å². The number of rotatable bonds is 10. The first-order chi connectivity index (χ1) is 17.9. The van der Waals surface area contributed by atoms with Crippen LogP contribution in [0.15, 0.2) is 35.2 Å². The molecule has 216 valence electrons. The number of sulfonamides is 1. The standard InChI is InChI=1S/C24H28Cl2F3N3O5S2/c1-4-38(34,35)22-6-5-18(25)7-17(22)10-30-23(33)16-8-20(24(27,28)29)19(21(26)9-16)13-32-11-15(12-32)14-39(36,37)31(2)3/h5-9,15H,4,10-14H2,1-3H3,(H,30,33). The van der Waals surface area contributed by atoms with Crippen LogP contribution in [0.25, 0.3) is 0 Å². The molecule has 39 heavy (non-hydrogen) atoms. The molecule has 0 unspecified atom stereocenters. The molecule has 0 aromatic heterocycles. The van der Waals surface area contributed by atoms with Gasteiger partial charge in [0.15, 0.2) is 9.84 Å². The fourth-order valence-corrected chi connectivity index (χ4v) is 6.88. The summed E-state index contributed by atoms with van der Waals surface area (Å²) >= 11 is 12.2. The molecular weight excluding hydrogens is 602 g/mol. The summed E-state index contributed by atoms with van der Waals surface area (Å²) in [5, 5.41) is 2.41. The van der Waals surface area contributed by atoms with E-state index in [1.807, 2.05) is 0 Å². The Morgan fingerprint density at radius 3 is 2.31 bits per heavy atom. The van der Waals surface area contributed by atoms with E-state index < -0.39 is 37.5 Å². The first-order valence-electron chi connectivity index (χ1n) is 11.8. The Balaban J connectivity index is 1.79. The molecule has 1 aliphatic heterocycles. The molecule has 8 nitrogen and oxygen atoms in total. The number of sulfone groups is 1. The van der Waals surface area contributed by atoms with E-state index in [1.54, 1.807) is 4.90 Å². The summed E-state index contributed by atoms with van der Waals surface area (Å²) in [5.41, 5.74) is -1.46. The molecule has 1 heterocycles. The molecule has 1 fully saturated rings. The van der Waals surface area contributed by atoms with E-state index in [1.165, 1.54) is 39.2 Å². The summed E-state index contributed by atoms with van der Waals surface area (Å²) in [6.45, 7) is 1.56. The Morgan fingerprint density at radius 2 is 1.74 bits per heavy atom. The first-order valence-corrected chi connectivity index (χ1v) is 15.8. The zero-order valence-corrected chi connectivity index (χ0v) is 24.5. The van der Waals surface area contributed by atoms with Crippen molar-refractivity contribution in [3.05, 3.63) is 62.6 Å². The number of halogens is 5. The van der Waals surface area contributed by atoms with Gasteiger partial charge in [-0.15, -0.1) is 0 Å². The van der Waals surface area contributed by atoms with Crippen molar-refractivity contribution in [2.24, 2.45) is 5.92 Å². The Kier molecular flexibility index (Phi) is 9.66. The fraction of sp³-hybridized carbons (Fsp3) is 0.458. The van der Waals surface area contributed by atoms with E-state index in [0.29, 0.717) is 6.07 Å². The van der Waals surface area contributed by atoms with E-state index in [0.717, 1.165) is 10.4 Å². The van der Waals surface area contributed by atoms with Crippen LogP contribution < -0.4 is 5.32 Å². The van der Waals surface area contributed by atoms with Gasteiger partial charge in [-0.25, -0.2) is 21.1 Å². The maximum atomic E-state index is 14.0. The topological polar surface area (TPSA) is 104 Å². The molecule has 0 spiro atoms. The molecule has 1 saturated heterocycles. The second kappa shape index (κ2) is 11.9. The molecule has 0 bridgehead atoms. The fourth-order valence-electron chi connectivity index (χ4n) is 4.19. The van der Waals surface area contributed by atoms with Gasteiger partial charge in [-0.1, -0.05) is 30.1 Å². The zero-order valence-electron chi connectivity index (χ0n) is 21.3. The third-order valence-corrected chi connectivity index (χ3v) is 10.8. The van der Waals surface area contributed by atoms with Gasteiger partial charge in [0.1, 0.15) is 0 Å². The highest BCUT2D eigenvalue weighted by molar-refractivity contribution is 7.91. The predicted octanol–water partition coefficient (Wildman–Crippen LogP) is 4.06. The molecule has 15 heteroatoms. The van der Waals surface area contributed by atoms with Crippen LogP contribution in [0.2, 0.25) is 10.0 Å². The molecule has 1 amide bonds. The number of likely N-dealkylation sites (tertiary alicyclic amines) is 1. The number of carbonyl (C=O) groups is 1. The van der Waals surface area contributed by atoms with E-state index >= 15 is 0 Å². The van der Waals surface area contributed by atoms with Crippen LogP contribution in [-0.4, -0.2) is 70.6 Å². The molecule has 1 aliphatic rings. The van der Waals surface area contributed by atoms with Gasteiger partial charge >= 0.3 is 6.18 Å². The van der Waals surface area contributed by atoms with Crippen LogP contribution >= 0.6 is 23.2 Å². The number of amides is 1. The molecule has 0 saturated carbocycles. The van der Waals surface area contributed by atoms with E-state index in [2.05, 4.69) is 5.32 Å². The normalized spacial score (nSPS) is 15.4. The van der Waals surface area contributed by atoms with Crippen LogP contribution in [0.3, 0.4) is 0 Å². The van der Waals surface area contributed by atoms with Gasteiger partial charge in [-0.2, -0.15) is 13.2 Å². The number of alkyl halides is 3. The predicted molar refractivity (Wildman–Crippen MR) is 143 cm³/mol. The molecule has 0 atom stereocenters. The average molecular weight is 631 g/mol. The maximum absolute atomic E-state index is 14.0. The van der Waals surface area contributed by atoms with Crippen molar-refractivity contribution in [2.75, 3.05) is 38.7 Å². The maximum Gasteiger partial charge on any atom is 0.416 e. The number of nitrogens with zero attached hydrogens (tertiary/aromatic N) is 2. The third kappa shape index (κ3) is 7.65. The highest BCUT2D eigenvalue weighted by Crippen LogP contribution is 2.38. The van der Waals surface area contributed by atoms with Crippen molar-refractivity contribution >= 4 is 49.0 Å². The van der Waals surface area contributed by atoms with Crippen molar-refractivity contribution in [2.45, 2.75) is 31.1 Å². The second-order valence-electron chi connectivity index (χ2n) is 9.44. The van der Waals surface area contributed by atoms with Crippen molar-refractivity contribution in [1.82, 2.24) is 14.5 Å². The highest BCUT2D eigenvalue weighted by Gasteiger charge is 2.38. The van der Waals surface area contributed by atoms with Crippen LogP contribution in [0.4, 0.5) is 13.2 Å². The number of carbonyl (C=O) groups excluding carboxylic acids is 1. The number of hydrogen-bond donors (Lipinski definition) is 1. The molecule has 2 aromatic carbocycles. The lowest BCUT2D eigenvalue weighted by molar-refractivity contribution is -0.138. The average Bonchev–Trinajstić information content (AvgIpc) is 2.80. The summed E-state index contributed by atoms with van der Waals surface area (Å²) in [4.78, 5) is 14.4. The summed E-state index contributed by atoms with van der Waals surface area (Å²) in [6.07, 6.45) is -4.82. The molecule has 2 aromatic rings. The molecule has 0 aliphatic carbocycles. The van der Waals surface area contributed by atoms with Gasteiger partial charge in [-0.3, -0.25) is 9.69 Å². The summed E-state index contributed by atoms with van der Waals surface area (Å²) in [7, 11) is -4.25. The van der Waals surface area contributed by atoms with Crippen molar-refractivity contribution in [3.8, 4) is 0 Å². The molecular formula is C24H28Cl2F3N3O5S2. The Labute approximate surface area is 236 Å². The lowest BCUT2D eigenvalue weighted by Gasteiger charge is -2.40. The summed E-state index contributed by atoms with van der Waals surface area (Å²) in [6, 6.07) is 5.89. The minimum absolute atomic E-state index is 0.0368. The van der Waals surface area contributed by atoms with Gasteiger partial charge in [-0.05, 0) is 47.4 Å². The first kappa shape index (κ1) is 31.6. The van der Waals surface area contributed by atoms with E-state index in [4.69, 9.17) is 23.2 Å².